The Morgan fingerprint density at radius 3 is 2.14 bits per heavy atom. The molecule has 0 saturated heterocycles. The SMILES string of the molecule is CC(=O)c1c(/C=C(\O)CC(=O)O)cc2cc3cc(O)cc(O)c3c(O)c2c1O. The Kier molecular flexibility index (Phi) is 4.48. The molecule has 3 rings (SSSR count). The number of Topliss-reactive ketones (excluding diaryl/α,β-unsaturated/α-hetero) is 1. The van der Waals surface area contributed by atoms with Gasteiger partial charge in [-0.05, 0) is 47.5 Å². The van der Waals surface area contributed by atoms with E-state index in [9.17, 15) is 35.1 Å². The molecule has 144 valence electrons. The predicted octanol–water partition coefficient (Wildman–Crippen LogP) is 3.39. The number of aromatic hydroxyl groups is 4. The van der Waals surface area contributed by atoms with E-state index in [0.29, 0.717) is 0 Å². The highest BCUT2D eigenvalue weighted by molar-refractivity contribution is 6.14. The maximum absolute atomic E-state index is 12.1. The van der Waals surface area contributed by atoms with Crippen molar-refractivity contribution in [3.63, 3.8) is 0 Å². The summed E-state index contributed by atoms with van der Waals surface area (Å²) in [6.07, 6.45) is 0.367. The molecule has 8 heteroatoms. The predicted molar refractivity (Wildman–Crippen MR) is 101 cm³/mol. The number of aliphatic carboxylic acids is 1. The van der Waals surface area contributed by atoms with Gasteiger partial charge in [0, 0.05) is 6.07 Å². The number of aliphatic hydroxyl groups excluding tert-OH is 1. The highest BCUT2D eigenvalue weighted by Crippen LogP contribution is 2.46. The van der Waals surface area contributed by atoms with Crippen LogP contribution in [0.15, 0.2) is 30.0 Å². The van der Waals surface area contributed by atoms with Crippen LogP contribution in [0, 0.1) is 0 Å². The lowest BCUT2D eigenvalue weighted by molar-refractivity contribution is -0.136. The molecule has 0 amide bonds. The Labute approximate surface area is 157 Å². The third kappa shape index (κ3) is 3.11. The maximum atomic E-state index is 12.1. The minimum atomic E-state index is -1.28. The lowest BCUT2D eigenvalue weighted by Crippen LogP contribution is -2.01. The Morgan fingerprint density at radius 1 is 0.893 bits per heavy atom. The van der Waals surface area contributed by atoms with Crippen molar-refractivity contribution in [3.05, 3.63) is 41.2 Å². The van der Waals surface area contributed by atoms with Crippen LogP contribution in [0.25, 0.3) is 27.6 Å². The van der Waals surface area contributed by atoms with E-state index in [4.69, 9.17) is 5.11 Å². The van der Waals surface area contributed by atoms with Gasteiger partial charge in [-0.3, -0.25) is 9.59 Å². The van der Waals surface area contributed by atoms with Crippen LogP contribution in [0.1, 0.15) is 29.3 Å². The molecule has 0 saturated carbocycles. The number of carbonyl (C=O) groups excluding carboxylic acids is 1. The van der Waals surface area contributed by atoms with Crippen molar-refractivity contribution < 1.29 is 40.2 Å². The Hall–Kier alpha value is -3.94. The number of carbonyl (C=O) groups is 2. The molecule has 0 unspecified atom stereocenters. The van der Waals surface area contributed by atoms with E-state index < -0.39 is 41.2 Å². The molecule has 0 fully saturated rings. The van der Waals surface area contributed by atoms with E-state index in [1.54, 1.807) is 0 Å². The van der Waals surface area contributed by atoms with Crippen molar-refractivity contribution in [1.82, 2.24) is 0 Å². The molecule has 3 aromatic carbocycles. The summed E-state index contributed by atoms with van der Waals surface area (Å²) in [5.74, 6) is -4.12. The molecule has 0 bridgehead atoms. The van der Waals surface area contributed by atoms with E-state index >= 15 is 0 Å². The number of benzene rings is 3. The Bertz CT molecular complexity index is 1190. The number of carboxylic acid groups (broad SMARTS) is 1. The highest BCUT2D eigenvalue weighted by atomic mass is 16.4. The molecular formula is C20H16O8. The molecule has 28 heavy (non-hydrogen) atoms. The van der Waals surface area contributed by atoms with Gasteiger partial charge in [-0.15, -0.1) is 0 Å². The second-order valence-electron chi connectivity index (χ2n) is 6.34. The van der Waals surface area contributed by atoms with Crippen LogP contribution in [0.2, 0.25) is 0 Å². The molecule has 0 aliphatic heterocycles. The van der Waals surface area contributed by atoms with E-state index in [2.05, 4.69) is 0 Å². The number of ketones is 1. The van der Waals surface area contributed by atoms with Gasteiger partial charge in [-0.2, -0.15) is 0 Å². The van der Waals surface area contributed by atoms with Crippen LogP contribution in [0.5, 0.6) is 23.0 Å². The van der Waals surface area contributed by atoms with Gasteiger partial charge in [0.05, 0.1) is 16.3 Å². The van der Waals surface area contributed by atoms with Crippen LogP contribution in [-0.4, -0.2) is 42.4 Å². The molecule has 3 aromatic rings. The second kappa shape index (κ2) is 6.66. The van der Waals surface area contributed by atoms with Crippen LogP contribution in [0.3, 0.4) is 0 Å². The molecule has 0 aliphatic rings. The van der Waals surface area contributed by atoms with Crippen molar-refractivity contribution >= 4 is 39.4 Å². The standard InChI is InChI=1S/C20H16O8/c1-8(21)16-10(4-13(23)7-15(25)26)2-9-3-11-5-12(22)6-14(24)17(11)20(28)18(9)19(16)27/h2-6,22-24,27-28H,7H2,1H3,(H,25,26)/b13-4-. The first kappa shape index (κ1) is 18.8. The average Bonchev–Trinajstić information content (AvgIpc) is 2.51. The van der Waals surface area contributed by atoms with E-state index in [-0.39, 0.29) is 38.4 Å². The summed E-state index contributed by atoms with van der Waals surface area (Å²) in [6, 6.07) is 5.16. The molecule has 0 aliphatic carbocycles. The quantitative estimate of drug-likeness (QED) is 0.227. The maximum Gasteiger partial charge on any atom is 0.311 e. The van der Waals surface area contributed by atoms with E-state index in [0.717, 1.165) is 12.1 Å². The zero-order chi connectivity index (χ0) is 20.7. The van der Waals surface area contributed by atoms with Crippen LogP contribution >= 0.6 is 0 Å². The summed E-state index contributed by atoms with van der Waals surface area (Å²) in [5, 5.41) is 59.9. The fourth-order valence-corrected chi connectivity index (χ4v) is 3.24. The van der Waals surface area contributed by atoms with Crippen molar-refractivity contribution in [2.24, 2.45) is 0 Å². The zero-order valence-corrected chi connectivity index (χ0v) is 14.6. The molecule has 0 atom stereocenters. The first-order valence-electron chi connectivity index (χ1n) is 8.09. The number of aliphatic hydroxyl groups is 1. The van der Waals surface area contributed by atoms with Crippen molar-refractivity contribution in [2.75, 3.05) is 0 Å². The minimum absolute atomic E-state index is 0.0212. The number of phenols is 4. The first-order valence-corrected chi connectivity index (χ1v) is 8.09. The number of phenolic OH excluding ortho intramolecular Hbond substituents is 4. The summed E-state index contributed by atoms with van der Waals surface area (Å²) < 4.78 is 0. The van der Waals surface area contributed by atoms with Crippen molar-refractivity contribution in [3.8, 4) is 23.0 Å². The van der Waals surface area contributed by atoms with Crippen molar-refractivity contribution in [1.29, 1.82) is 0 Å². The Morgan fingerprint density at radius 2 is 1.54 bits per heavy atom. The number of hydrogen-bond acceptors (Lipinski definition) is 7. The third-order valence-corrected chi connectivity index (χ3v) is 4.29. The first-order chi connectivity index (χ1) is 13.1. The average molecular weight is 384 g/mol. The van der Waals surface area contributed by atoms with Crippen LogP contribution in [0.4, 0.5) is 0 Å². The van der Waals surface area contributed by atoms with Gasteiger partial charge < -0.3 is 30.6 Å². The number of hydrogen-bond donors (Lipinski definition) is 6. The largest absolute Gasteiger partial charge is 0.512 e. The summed E-state index contributed by atoms with van der Waals surface area (Å²) in [6.45, 7) is 1.17. The normalized spacial score (nSPS) is 11.8. The highest BCUT2D eigenvalue weighted by Gasteiger charge is 2.21. The van der Waals surface area contributed by atoms with E-state index in [1.807, 2.05) is 0 Å². The molecule has 0 spiro atoms. The smallest absolute Gasteiger partial charge is 0.311 e. The van der Waals surface area contributed by atoms with Gasteiger partial charge in [0.2, 0.25) is 0 Å². The minimum Gasteiger partial charge on any atom is -0.512 e. The molecule has 0 heterocycles. The summed E-state index contributed by atoms with van der Waals surface area (Å²) in [7, 11) is 0. The molecule has 0 radical (unpaired) electrons. The monoisotopic (exact) mass is 384 g/mol. The van der Waals surface area contributed by atoms with Crippen molar-refractivity contribution in [2.45, 2.75) is 13.3 Å². The third-order valence-electron chi connectivity index (χ3n) is 4.29. The van der Waals surface area contributed by atoms with Gasteiger partial charge in [-0.1, -0.05) is 0 Å². The molecule has 0 aromatic heterocycles. The van der Waals surface area contributed by atoms with Crippen LogP contribution < -0.4 is 0 Å². The lowest BCUT2D eigenvalue weighted by atomic mass is 9.93. The summed E-state index contributed by atoms with van der Waals surface area (Å²) in [5.41, 5.74) is -0.170. The summed E-state index contributed by atoms with van der Waals surface area (Å²) >= 11 is 0. The van der Waals surface area contributed by atoms with E-state index in [1.165, 1.54) is 25.1 Å². The zero-order valence-electron chi connectivity index (χ0n) is 14.6. The molecule has 6 N–H and O–H groups in total. The fraction of sp³-hybridized carbons (Fsp3) is 0.100. The van der Waals surface area contributed by atoms with Gasteiger partial charge in [0.25, 0.3) is 0 Å². The molecular weight excluding hydrogens is 368 g/mol. The van der Waals surface area contributed by atoms with Gasteiger partial charge >= 0.3 is 5.97 Å². The van der Waals surface area contributed by atoms with Gasteiger partial charge in [0.1, 0.15) is 35.2 Å². The molecule has 8 nitrogen and oxygen atoms in total. The van der Waals surface area contributed by atoms with Gasteiger partial charge in [0.15, 0.2) is 5.78 Å². The number of rotatable bonds is 4. The Balaban J connectivity index is 2.44. The fourth-order valence-electron chi connectivity index (χ4n) is 3.24. The van der Waals surface area contributed by atoms with Gasteiger partial charge in [-0.25, -0.2) is 0 Å². The number of carboxylic acids is 1. The lowest BCUT2D eigenvalue weighted by Gasteiger charge is -2.14. The topological polar surface area (TPSA) is 156 Å². The second-order valence-corrected chi connectivity index (χ2v) is 6.34. The van der Waals surface area contributed by atoms with Crippen LogP contribution in [-0.2, 0) is 4.79 Å². The summed E-state index contributed by atoms with van der Waals surface area (Å²) in [4.78, 5) is 22.8. The number of fused-ring (bicyclic) bond motifs is 2.